The first-order valence-corrected chi connectivity index (χ1v) is 10.7. The zero-order valence-corrected chi connectivity index (χ0v) is 16.9. The summed E-state index contributed by atoms with van der Waals surface area (Å²) in [6.07, 6.45) is 0. The van der Waals surface area contributed by atoms with Crippen molar-refractivity contribution in [1.82, 2.24) is 4.83 Å². The van der Waals surface area contributed by atoms with Crippen LogP contribution < -0.4 is 14.5 Å². The third-order valence-corrected chi connectivity index (χ3v) is 5.66. The molecule has 1 saturated heterocycles. The number of hydrogen-bond acceptors (Lipinski definition) is 6. The lowest BCUT2D eigenvalue weighted by molar-refractivity contribution is 0.122. The lowest BCUT2D eigenvalue weighted by atomic mass is 10.1. The van der Waals surface area contributed by atoms with Crippen LogP contribution >= 0.6 is 0 Å². The molecule has 1 heterocycles. The van der Waals surface area contributed by atoms with Crippen molar-refractivity contribution in [3.8, 4) is 5.75 Å². The Bertz CT molecular complexity index is 903. The van der Waals surface area contributed by atoms with Crippen molar-refractivity contribution in [1.29, 1.82) is 0 Å². The number of nitrogens with zero attached hydrogens (tertiary/aromatic N) is 2. The summed E-state index contributed by atoms with van der Waals surface area (Å²) in [6.45, 7) is 7.37. The van der Waals surface area contributed by atoms with Crippen molar-refractivity contribution >= 4 is 21.4 Å². The highest BCUT2D eigenvalue weighted by atomic mass is 32.2. The standard InChI is InChI=1S/C20H25N3O4S/c1-3-27-19-8-10-20(11-9-19)28(24,25)22-21-16(2)17-4-6-18(7-5-17)23-12-14-26-15-13-23/h4-11,22H,3,12-15H2,1-2H3. The minimum absolute atomic E-state index is 0.134. The molecule has 2 aromatic rings. The van der Waals surface area contributed by atoms with E-state index in [0.29, 0.717) is 18.1 Å². The van der Waals surface area contributed by atoms with Crippen molar-refractivity contribution in [3.63, 3.8) is 0 Å². The van der Waals surface area contributed by atoms with E-state index in [4.69, 9.17) is 9.47 Å². The number of benzene rings is 2. The number of nitrogens with one attached hydrogen (secondary N) is 1. The average molecular weight is 404 g/mol. The largest absolute Gasteiger partial charge is 0.494 e. The topological polar surface area (TPSA) is 80.2 Å². The van der Waals surface area contributed by atoms with Crippen LogP contribution in [-0.4, -0.2) is 47.0 Å². The van der Waals surface area contributed by atoms with E-state index in [0.717, 1.165) is 37.6 Å². The van der Waals surface area contributed by atoms with Crippen LogP contribution in [0.1, 0.15) is 19.4 Å². The summed E-state index contributed by atoms with van der Waals surface area (Å²) in [5.41, 5.74) is 2.56. The fourth-order valence-electron chi connectivity index (χ4n) is 2.86. The minimum Gasteiger partial charge on any atom is -0.494 e. The van der Waals surface area contributed by atoms with E-state index in [9.17, 15) is 8.42 Å². The molecule has 0 saturated carbocycles. The predicted molar refractivity (Wildman–Crippen MR) is 110 cm³/mol. The van der Waals surface area contributed by atoms with Crippen LogP contribution in [0.3, 0.4) is 0 Å². The van der Waals surface area contributed by atoms with Gasteiger partial charge in [0.1, 0.15) is 5.75 Å². The third-order valence-electron chi connectivity index (χ3n) is 4.44. The first-order chi connectivity index (χ1) is 13.5. The van der Waals surface area contributed by atoms with Crippen LogP contribution in [0.2, 0.25) is 0 Å². The van der Waals surface area contributed by atoms with Crippen molar-refractivity contribution in [2.45, 2.75) is 18.7 Å². The highest BCUT2D eigenvalue weighted by Gasteiger charge is 2.14. The zero-order valence-electron chi connectivity index (χ0n) is 16.1. The number of morpholine rings is 1. The zero-order chi connectivity index (χ0) is 20.0. The molecular weight excluding hydrogens is 378 g/mol. The van der Waals surface area contributed by atoms with Gasteiger partial charge in [0.25, 0.3) is 10.0 Å². The van der Waals surface area contributed by atoms with Crippen molar-refractivity contribution in [2.24, 2.45) is 5.10 Å². The molecule has 0 unspecified atom stereocenters. The minimum atomic E-state index is -3.74. The van der Waals surface area contributed by atoms with Gasteiger partial charge in [0.15, 0.2) is 0 Å². The fraction of sp³-hybridized carbons (Fsp3) is 0.350. The Balaban J connectivity index is 1.67. The van der Waals surface area contributed by atoms with Gasteiger partial charge in [-0.05, 0) is 55.8 Å². The summed E-state index contributed by atoms with van der Waals surface area (Å²) in [5, 5.41) is 4.06. The van der Waals surface area contributed by atoms with Gasteiger partial charge in [-0.3, -0.25) is 0 Å². The second-order valence-electron chi connectivity index (χ2n) is 6.34. The van der Waals surface area contributed by atoms with Crippen LogP contribution in [-0.2, 0) is 14.8 Å². The van der Waals surface area contributed by atoms with E-state index < -0.39 is 10.0 Å². The molecule has 0 aromatic heterocycles. The van der Waals surface area contributed by atoms with Gasteiger partial charge < -0.3 is 14.4 Å². The molecule has 1 aliphatic heterocycles. The summed E-state index contributed by atoms with van der Waals surface area (Å²) < 4.78 is 35.5. The maximum Gasteiger partial charge on any atom is 0.276 e. The predicted octanol–water partition coefficient (Wildman–Crippen LogP) is 2.62. The Morgan fingerprint density at radius 2 is 1.75 bits per heavy atom. The monoisotopic (exact) mass is 403 g/mol. The van der Waals surface area contributed by atoms with Crippen LogP contribution in [0.15, 0.2) is 58.5 Å². The molecule has 1 fully saturated rings. The number of sulfonamides is 1. The van der Waals surface area contributed by atoms with Gasteiger partial charge in [0.2, 0.25) is 0 Å². The molecule has 7 nitrogen and oxygen atoms in total. The number of rotatable bonds is 7. The first kappa shape index (κ1) is 20.2. The Labute approximate surface area is 166 Å². The van der Waals surface area contributed by atoms with Gasteiger partial charge in [0, 0.05) is 18.8 Å². The van der Waals surface area contributed by atoms with Gasteiger partial charge in [0.05, 0.1) is 30.4 Å². The Morgan fingerprint density at radius 1 is 1.11 bits per heavy atom. The SMILES string of the molecule is CCOc1ccc(S(=O)(=O)NN=C(C)c2ccc(N3CCOCC3)cc2)cc1. The molecule has 8 heteroatoms. The Morgan fingerprint density at radius 3 is 2.36 bits per heavy atom. The molecule has 2 aromatic carbocycles. The van der Waals surface area contributed by atoms with Gasteiger partial charge in [-0.15, -0.1) is 0 Å². The van der Waals surface area contributed by atoms with E-state index in [-0.39, 0.29) is 4.90 Å². The molecule has 0 amide bonds. The van der Waals surface area contributed by atoms with Crippen molar-refractivity contribution in [2.75, 3.05) is 37.8 Å². The second-order valence-corrected chi connectivity index (χ2v) is 8.00. The smallest absolute Gasteiger partial charge is 0.276 e. The highest BCUT2D eigenvalue weighted by molar-refractivity contribution is 7.89. The van der Waals surface area contributed by atoms with E-state index in [1.165, 1.54) is 12.1 Å². The molecular formula is C20H25N3O4S. The second kappa shape index (κ2) is 9.07. The lowest BCUT2D eigenvalue weighted by Crippen LogP contribution is -2.36. The number of anilines is 1. The number of hydrazone groups is 1. The molecule has 3 rings (SSSR count). The van der Waals surface area contributed by atoms with Gasteiger partial charge in [-0.1, -0.05) is 12.1 Å². The van der Waals surface area contributed by atoms with E-state index in [2.05, 4.69) is 14.8 Å². The first-order valence-electron chi connectivity index (χ1n) is 9.21. The normalized spacial score (nSPS) is 15.4. The summed E-state index contributed by atoms with van der Waals surface area (Å²) in [6, 6.07) is 14.1. The van der Waals surface area contributed by atoms with Crippen LogP contribution in [0, 0.1) is 0 Å². The van der Waals surface area contributed by atoms with E-state index >= 15 is 0 Å². The molecule has 1 aliphatic rings. The van der Waals surface area contributed by atoms with Crippen LogP contribution in [0.5, 0.6) is 5.75 Å². The quantitative estimate of drug-likeness (QED) is 0.568. The molecule has 0 bridgehead atoms. The van der Waals surface area contributed by atoms with Crippen LogP contribution in [0.25, 0.3) is 0 Å². The summed E-state index contributed by atoms with van der Waals surface area (Å²) in [7, 11) is -3.74. The van der Waals surface area contributed by atoms with E-state index in [1.54, 1.807) is 19.1 Å². The maximum atomic E-state index is 12.4. The van der Waals surface area contributed by atoms with Gasteiger partial charge >= 0.3 is 0 Å². The molecule has 0 radical (unpaired) electrons. The molecule has 0 aliphatic carbocycles. The molecule has 1 N–H and O–H groups in total. The fourth-order valence-corrected chi connectivity index (χ4v) is 3.72. The van der Waals surface area contributed by atoms with Gasteiger partial charge in [-0.25, -0.2) is 0 Å². The third kappa shape index (κ3) is 5.02. The van der Waals surface area contributed by atoms with E-state index in [1.807, 2.05) is 31.2 Å². The molecule has 28 heavy (non-hydrogen) atoms. The van der Waals surface area contributed by atoms with Crippen molar-refractivity contribution in [3.05, 3.63) is 54.1 Å². The Hall–Kier alpha value is -2.58. The summed E-state index contributed by atoms with van der Waals surface area (Å²) >= 11 is 0. The lowest BCUT2D eigenvalue weighted by Gasteiger charge is -2.28. The summed E-state index contributed by atoms with van der Waals surface area (Å²) in [4.78, 5) is 4.69. The van der Waals surface area contributed by atoms with Gasteiger partial charge in [-0.2, -0.15) is 18.4 Å². The van der Waals surface area contributed by atoms with Crippen molar-refractivity contribution < 1.29 is 17.9 Å². The molecule has 150 valence electrons. The number of ether oxygens (including phenoxy) is 2. The number of hydrogen-bond donors (Lipinski definition) is 1. The van der Waals surface area contributed by atoms with Crippen LogP contribution in [0.4, 0.5) is 5.69 Å². The average Bonchev–Trinajstić information content (AvgIpc) is 2.73. The maximum absolute atomic E-state index is 12.4. The molecule has 0 atom stereocenters. The molecule has 0 spiro atoms. The Kier molecular flexibility index (Phi) is 6.53. The summed E-state index contributed by atoms with van der Waals surface area (Å²) in [5.74, 6) is 0.626. The highest BCUT2D eigenvalue weighted by Crippen LogP contribution is 2.18.